The smallest absolute Gasteiger partial charge is 0.410 e. The number of nitrogens with one attached hydrogen (secondary N) is 1. The highest BCUT2D eigenvalue weighted by molar-refractivity contribution is 6.32. The Hall–Kier alpha value is -3.50. The summed E-state index contributed by atoms with van der Waals surface area (Å²) in [6.07, 6.45) is 7.35. The summed E-state index contributed by atoms with van der Waals surface area (Å²) in [4.78, 5) is 37.9. The number of amides is 2. The molecule has 3 aliphatic rings. The maximum absolute atomic E-state index is 12.0. The lowest BCUT2D eigenvalue weighted by atomic mass is 9.90. The summed E-state index contributed by atoms with van der Waals surface area (Å²) in [5.74, 6) is 1.70. The molecular formula is C48H69Cl3N4O5. The van der Waals surface area contributed by atoms with Crippen LogP contribution >= 0.6 is 34.8 Å². The number of nitrogens with two attached hydrogens (primary N) is 1. The van der Waals surface area contributed by atoms with Gasteiger partial charge < -0.3 is 30.3 Å². The van der Waals surface area contributed by atoms with Crippen molar-refractivity contribution < 1.29 is 23.9 Å². The Morgan fingerprint density at radius 3 is 1.40 bits per heavy atom. The molecule has 3 aromatic carbocycles. The van der Waals surface area contributed by atoms with E-state index in [0.29, 0.717) is 31.8 Å². The molecule has 6 rings (SSSR count). The Bertz CT molecular complexity index is 1830. The van der Waals surface area contributed by atoms with Gasteiger partial charge in [0.15, 0.2) is 0 Å². The van der Waals surface area contributed by atoms with Gasteiger partial charge in [0, 0.05) is 59.8 Å². The first-order chi connectivity index (χ1) is 28.1. The zero-order chi connectivity index (χ0) is 44.6. The van der Waals surface area contributed by atoms with Crippen molar-refractivity contribution in [2.45, 2.75) is 125 Å². The van der Waals surface area contributed by atoms with Gasteiger partial charge in [-0.3, -0.25) is 4.79 Å². The van der Waals surface area contributed by atoms with Crippen molar-refractivity contribution in [2.75, 3.05) is 45.0 Å². The highest BCUT2D eigenvalue weighted by Crippen LogP contribution is 2.26. The number of likely N-dealkylation sites (tertiary alicyclic amines) is 2. The second-order valence-electron chi connectivity index (χ2n) is 18.2. The topological polar surface area (TPSA) is 114 Å². The molecule has 332 valence electrons. The first-order valence-corrected chi connectivity index (χ1v) is 22.4. The minimum absolute atomic E-state index is 0.187. The molecule has 0 spiro atoms. The summed E-state index contributed by atoms with van der Waals surface area (Å²) in [6.45, 7) is 22.2. The fourth-order valence-electron chi connectivity index (χ4n) is 7.00. The molecule has 0 aromatic heterocycles. The van der Waals surface area contributed by atoms with Gasteiger partial charge in [0.2, 0.25) is 0 Å². The van der Waals surface area contributed by atoms with Gasteiger partial charge in [-0.15, -0.1) is 0 Å². The molecule has 2 amide bonds. The Morgan fingerprint density at radius 2 is 1.02 bits per heavy atom. The van der Waals surface area contributed by atoms with E-state index in [0.717, 1.165) is 70.2 Å². The molecule has 0 radical (unpaired) electrons. The summed E-state index contributed by atoms with van der Waals surface area (Å²) in [6, 6.07) is 18.1. The van der Waals surface area contributed by atoms with Gasteiger partial charge in [-0.25, -0.2) is 9.59 Å². The average Bonchev–Trinajstić information content (AvgIpc) is 3.17. The molecule has 60 heavy (non-hydrogen) atoms. The van der Waals surface area contributed by atoms with Crippen LogP contribution in [0.1, 0.15) is 108 Å². The number of ketones is 1. The number of anilines is 1. The van der Waals surface area contributed by atoms with Crippen LogP contribution in [0.15, 0.2) is 54.6 Å². The first-order valence-electron chi connectivity index (χ1n) is 21.3. The summed E-state index contributed by atoms with van der Waals surface area (Å²) < 4.78 is 10.6. The van der Waals surface area contributed by atoms with Crippen LogP contribution in [0.4, 0.5) is 15.3 Å². The number of hydrogen-bond acceptors (Lipinski definition) is 7. The number of Topliss-reactive ketones (excluding diaryl/α,β-unsaturated/α-hetero) is 1. The predicted octanol–water partition coefficient (Wildman–Crippen LogP) is 11.8. The lowest BCUT2D eigenvalue weighted by molar-refractivity contribution is -0.121. The summed E-state index contributed by atoms with van der Waals surface area (Å²) in [7, 11) is 0. The van der Waals surface area contributed by atoms with Gasteiger partial charge >= 0.3 is 12.2 Å². The Labute approximate surface area is 375 Å². The first kappa shape index (κ1) is 50.9. The van der Waals surface area contributed by atoms with E-state index in [4.69, 9.17) is 50.0 Å². The molecule has 12 heteroatoms. The SMILES string of the molecule is CC(C)(C)OC(=O)N1CCC(=O)CC1.Cc1cc(CC2CCN(C(=O)OC(C)(C)C)CC2)ccc1Cl.Cc1cc(CC2CCNCC2)ccc1Cl.Cc1cc(N)ccc1Cl. The van der Waals surface area contributed by atoms with Crippen molar-refractivity contribution in [1.29, 1.82) is 0 Å². The van der Waals surface area contributed by atoms with E-state index >= 15 is 0 Å². The van der Waals surface area contributed by atoms with E-state index < -0.39 is 11.2 Å². The van der Waals surface area contributed by atoms with Crippen molar-refractivity contribution in [2.24, 2.45) is 11.8 Å². The molecule has 0 unspecified atom stereocenters. The summed E-state index contributed by atoms with van der Waals surface area (Å²) >= 11 is 17.8. The highest BCUT2D eigenvalue weighted by Gasteiger charge is 2.27. The lowest BCUT2D eigenvalue weighted by Gasteiger charge is -2.33. The average molecular weight is 888 g/mol. The number of benzene rings is 3. The van der Waals surface area contributed by atoms with Crippen LogP contribution in [0, 0.1) is 32.6 Å². The van der Waals surface area contributed by atoms with Crippen LogP contribution < -0.4 is 11.1 Å². The third-order valence-electron chi connectivity index (χ3n) is 10.4. The van der Waals surface area contributed by atoms with Gasteiger partial charge in [0.05, 0.1) is 0 Å². The zero-order valence-electron chi connectivity index (χ0n) is 37.4. The Morgan fingerprint density at radius 1 is 0.633 bits per heavy atom. The number of aryl methyl sites for hydroxylation is 3. The number of carbonyl (C=O) groups excluding carboxylic acids is 3. The minimum Gasteiger partial charge on any atom is -0.444 e. The number of piperidine rings is 3. The number of hydrogen-bond donors (Lipinski definition) is 2. The fourth-order valence-corrected chi connectivity index (χ4v) is 7.35. The normalized spacial score (nSPS) is 16.3. The maximum Gasteiger partial charge on any atom is 0.410 e. The highest BCUT2D eigenvalue weighted by atomic mass is 35.5. The largest absolute Gasteiger partial charge is 0.444 e. The molecule has 3 aliphatic heterocycles. The van der Waals surface area contributed by atoms with Crippen molar-refractivity contribution in [3.63, 3.8) is 0 Å². The Kier molecular flexibility index (Phi) is 20.5. The molecule has 0 aliphatic carbocycles. The van der Waals surface area contributed by atoms with E-state index in [1.54, 1.807) is 17.0 Å². The third kappa shape index (κ3) is 19.5. The van der Waals surface area contributed by atoms with Gasteiger partial charge in [0.25, 0.3) is 0 Å². The minimum atomic E-state index is -0.460. The van der Waals surface area contributed by atoms with Crippen LogP contribution in [0.2, 0.25) is 15.1 Å². The van der Waals surface area contributed by atoms with Crippen LogP contribution in [0.3, 0.4) is 0 Å². The molecule has 3 saturated heterocycles. The number of carbonyl (C=O) groups is 3. The van der Waals surface area contributed by atoms with Gasteiger partial charge in [-0.05, 0) is 184 Å². The quantitative estimate of drug-likeness (QED) is 0.251. The predicted molar refractivity (Wildman–Crippen MR) is 249 cm³/mol. The van der Waals surface area contributed by atoms with Crippen molar-refractivity contribution in [1.82, 2.24) is 15.1 Å². The van der Waals surface area contributed by atoms with Crippen LogP contribution in [0.5, 0.6) is 0 Å². The van der Waals surface area contributed by atoms with Gasteiger partial charge in [-0.2, -0.15) is 0 Å². The molecule has 3 N–H and O–H groups in total. The zero-order valence-corrected chi connectivity index (χ0v) is 39.7. The van der Waals surface area contributed by atoms with E-state index in [2.05, 4.69) is 36.5 Å². The monoisotopic (exact) mass is 886 g/mol. The summed E-state index contributed by atoms with van der Waals surface area (Å²) in [5, 5.41) is 5.87. The summed E-state index contributed by atoms with van der Waals surface area (Å²) in [5.41, 5.74) is 11.5. The van der Waals surface area contributed by atoms with E-state index in [9.17, 15) is 14.4 Å². The van der Waals surface area contributed by atoms with Crippen LogP contribution in [-0.4, -0.2) is 78.2 Å². The third-order valence-corrected chi connectivity index (χ3v) is 11.6. The van der Waals surface area contributed by atoms with E-state index in [1.165, 1.54) is 49.0 Å². The van der Waals surface area contributed by atoms with Crippen molar-refractivity contribution >= 4 is 58.5 Å². The van der Waals surface area contributed by atoms with Crippen molar-refractivity contribution in [3.05, 3.63) is 97.5 Å². The number of nitrogens with zero attached hydrogens (tertiary/aromatic N) is 2. The molecule has 3 heterocycles. The number of nitrogen functional groups attached to an aromatic ring is 1. The molecule has 0 atom stereocenters. The second-order valence-corrected chi connectivity index (χ2v) is 19.4. The number of halogens is 3. The molecule has 3 fully saturated rings. The molecular weight excluding hydrogens is 819 g/mol. The van der Waals surface area contributed by atoms with E-state index in [1.807, 2.05) is 78.5 Å². The molecule has 0 bridgehead atoms. The number of ether oxygens (including phenoxy) is 2. The number of rotatable bonds is 4. The fraction of sp³-hybridized carbons (Fsp3) is 0.562. The molecule has 3 aromatic rings. The Balaban J connectivity index is 0.000000223. The second kappa shape index (κ2) is 24.2. The lowest BCUT2D eigenvalue weighted by Crippen LogP contribution is -2.42. The van der Waals surface area contributed by atoms with Crippen LogP contribution in [0.25, 0.3) is 0 Å². The molecule has 9 nitrogen and oxygen atoms in total. The van der Waals surface area contributed by atoms with E-state index in [-0.39, 0.29) is 18.0 Å². The molecule has 0 saturated carbocycles. The van der Waals surface area contributed by atoms with Gasteiger partial charge in [-0.1, -0.05) is 59.1 Å². The standard InChI is InChI=1S/C18H26ClNO2.C13H18ClN.C10H17NO3.C7H8ClN/c1-13-11-15(5-6-16(13)19)12-14-7-9-20(10-8-14)17(21)22-18(2,3)4;1-10-8-12(2-3-13(10)14)9-11-4-6-15-7-5-11;1-10(2,3)14-9(13)11-6-4-8(12)5-7-11;1-5-4-6(9)2-3-7(5)8/h5-6,11,14H,7-10,12H2,1-4H3;2-3,8,11,15H,4-7,9H2,1H3;4-7H2,1-3H3;2-4H,9H2,1H3. The van der Waals surface area contributed by atoms with Crippen molar-refractivity contribution in [3.8, 4) is 0 Å². The van der Waals surface area contributed by atoms with Crippen LogP contribution in [-0.2, 0) is 27.1 Å². The maximum atomic E-state index is 12.0. The van der Waals surface area contributed by atoms with Gasteiger partial charge in [0.1, 0.15) is 17.0 Å².